The van der Waals surface area contributed by atoms with Crippen LogP contribution in [0, 0.1) is 0 Å². The largest absolute Gasteiger partial charge is 0.508 e. The van der Waals surface area contributed by atoms with Gasteiger partial charge in [-0.25, -0.2) is 15.2 Å². The van der Waals surface area contributed by atoms with Crippen molar-refractivity contribution in [3.8, 4) is 5.75 Å². The standard InChI is InChI=1S/C34H53N7O10/c42-25-39(49)19-7-1-4-16-35-30(44)12-14-33(47)40(50)20-8-2-5-17-36-31(45)13-15-34(48)41(51)21-9-3-6-18-37-32(46)22-26-24-38-29-11-10-27(43)23-28(26)29/h10-11,23-25,38,43,49-51H,1-9,12-22H2,(H,35,44)(H,36,45)(H,37,46). The lowest BCUT2D eigenvalue weighted by molar-refractivity contribution is -0.166. The van der Waals surface area contributed by atoms with Crippen LogP contribution in [0.2, 0.25) is 0 Å². The molecule has 8 N–H and O–H groups in total. The summed E-state index contributed by atoms with van der Waals surface area (Å²) < 4.78 is 0. The van der Waals surface area contributed by atoms with Crippen molar-refractivity contribution in [2.45, 2.75) is 89.9 Å². The van der Waals surface area contributed by atoms with Gasteiger partial charge in [0.25, 0.3) is 0 Å². The predicted octanol–water partition coefficient (Wildman–Crippen LogP) is 2.12. The zero-order chi connectivity index (χ0) is 37.4. The minimum Gasteiger partial charge on any atom is -0.508 e. The molecule has 2 rings (SSSR count). The first kappa shape index (κ1) is 42.4. The zero-order valence-electron chi connectivity index (χ0n) is 29.1. The van der Waals surface area contributed by atoms with Crippen molar-refractivity contribution in [3.05, 3.63) is 30.0 Å². The lowest BCUT2D eigenvalue weighted by atomic mass is 10.1. The first-order valence-corrected chi connectivity index (χ1v) is 17.5. The van der Waals surface area contributed by atoms with Crippen LogP contribution >= 0.6 is 0 Å². The van der Waals surface area contributed by atoms with Crippen LogP contribution in [-0.2, 0) is 35.2 Å². The second-order valence-electron chi connectivity index (χ2n) is 12.3. The van der Waals surface area contributed by atoms with Crippen molar-refractivity contribution >= 4 is 46.8 Å². The van der Waals surface area contributed by atoms with Gasteiger partial charge in [0.05, 0.1) is 6.42 Å². The second-order valence-corrected chi connectivity index (χ2v) is 12.3. The van der Waals surface area contributed by atoms with Crippen molar-refractivity contribution in [3.63, 3.8) is 0 Å². The van der Waals surface area contributed by atoms with E-state index in [1.165, 1.54) is 0 Å². The number of nitrogens with zero attached hydrogens (tertiary/aromatic N) is 3. The molecule has 0 saturated carbocycles. The topological polar surface area (TPSA) is 245 Å². The number of aromatic hydroxyl groups is 1. The molecule has 284 valence electrons. The van der Waals surface area contributed by atoms with Crippen LogP contribution in [0.5, 0.6) is 5.75 Å². The number of fused-ring (bicyclic) bond motifs is 1. The van der Waals surface area contributed by atoms with Gasteiger partial charge in [-0.2, -0.15) is 0 Å². The molecule has 0 saturated heterocycles. The SMILES string of the molecule is O=CN(O)CCCCCNC(=O)CCC(=O)N(O)CCCCCNC(=O)CCC(=O)N(O)CCCCCNC(=O)Cc1c[nH]c2ccc(O)cc12. The van der Waals surface area contributed by atoms with Crippen LogP contribution < -0.4 is 16.0 Å². The maximum atomic E-state index is 12.3. The molecule has 6 amide bonds. The molecule has 1 aromatic carbocycles. The highest BCUT2D eigenvalue weighted by Crippen LogP contribution is 2.23. The molecular weight excluding hydrogens is 666 g/mol. The number of phenolic OH excluding ortho intramolecular Hbond substituents is 1. The summed E-state index contributed by atoms with van der Waals surface area (Å²) >= 11 is 0. The molecule has 0 unspecified atom stereocenters. The number of aromatic amines is 1. The Morgan fingerprint density at radius 1 is 0.647 bits per heavy atom. The molecule has 2 aromatic rings. The summed E-state index contributed by atoms with van der Waals surface area (Å²) in [5.74, 6) is -1.78. The van der Waals surface area contributed by atoms with Crippen molar-refractivity contribution < 1.29 is 49.5 Å². The summed E-state index contributed by atoms with van der Waals surface area (Å²) in [5.41, 5.74) is 1.62. The molecule has 0 spiro atoms. The van der Waals surface area contributed by atoms with Crippen molar-refractivity contribution in [2.75, 3.05) is 39.3 Å². The van der Waals surface area contributed by atoms with Crippen LogP contribution in [0.3, 0.4) is 0 Å². The van der Waals surface area contributed by atoms with Crippen LogP contribution in [-0.4, -0.2) is 116 Å². The fourth-order valence-electron chi connectivity index (χ4n) is 5.11. The summed E-state index contributed by atoms with van der Waals surface area (Å²) in [5, 5.41) is 49.4. The summed E-state index contributed by atoms with van der Waals surface area (Å²) in [4.78, 5) is 73.8. The van der Waals surface area contributed by atoms with Gasteiger partial charge in [-0.1, -0.05) is 0 Å². The molecular formula is C34H53N7O10. The Morgan fingerprint density at radius 2 is 1.14 bits per heavy atom. The van der Waals surface area contributed by atoms with E-state index >= 15 is 0 Å². The highest BCUT2D eigenvalue weighted by molar-refractivity contribution is 5.89. The number of nitrogens with one attached hydrogen (secondary N) is 4. The predicted molar refractivity (Wildman–Crippen MR) is 184 cm³/mol. The molecule has 51 heavy (non-hydrogen) atoms. The van der Waals surface area contributed by atoms with Gasteiger partial charge in [0.15, 0.2) is 0 Å². The van der Waals surface area contributed by atoms with Gasteiger partial charge in [-0.3, -0.25) is 44.4 Å². The maximum Gasteiger partial charge on any atom is 0.246 e. The van der Waals surface area contributed by atoms with Crippen LogP contribution in [0.1, 0.15) is 89.0 Å². The Bertz CT molecular complexity index is 1400. The Balaban J connectivity index is 1.42. The lowest BCUT2D eigenvalue weighted by Crippen LogP contribution is -2.31. The molecule has 17 nitrogen and oxygen atoms in total. The van der Waals surface area contributed by atoms with E-state index < -0.39 is 11.8 Å². The Labute approximate surface area is 297 Å². The van der Waals surface area contributed by atoms with Gasteiger partial charge in [0, 0.05) is 82.1 Å². The number of hydroxylamine groups is 6. The first-order valence-electron chi connectivity index (χ1n) is 17.5. The monoisotopic (exact) mass is 719 g/mol. The van der Waals surface area contributed by atoms with Gasteiger partial charge >= 0.3 is 0 Å². The third-order valence-corrected chi connectivity index (χ3v) is 8.06. The lowest BCUT2D eigenvalue weighted by Gasteiger charge is -2.15. The molecule has 0 aliphatic carbocycles. The van der Waals surface area contributed by atoms with E-state index in [9.17, 15) is 44.3 Å². The van der Waals surface area contributed by atoms with Crippen LogP contribution in [0.25, 0.3) is 10.9 Å². The minimum absolute atomic E-state index is 0.0578. The summed E-state index contributed by atoms with van der Waals surface area (Å²) in [6, 6.07) is 4.93. The number of phenols is 1. The number of hydrogen-bond acceptors (Lipinski definition) is 10. The van der Waals surface area contributed by atoms with Crippen molar-refractivity contribution in [2.24, 2.45) is 0 Å². The summed E-state index contributed by atoms with van der Waals surface area (Å²) in [6.07, 6.45) is 7.36. The number of hydrogen-bond donors (Lipinski definition) is 8. The molecule has 1 aromatic heterocycles. The third-order valence-electron chi connectivity index (χ3n) is 8.06. The van der Waals surface area contributed by atoms with E-state index in [1.54, 1.807) is 24.4 Å². The molecule has 1 heterocycles. The molecule has 0 aliphatic heterocycles. The minimum atomic E-state index is -0.566. The molecule has 0 fully saturated rings. The molecule has 0 radical (unpaired) electrons. The number of unbranched alkanes of at least 4 members (excludes halogenated alkanes) is 6. The number of amides is 6. The van der Waals surface area contributed by atoms with E-state index in [2.05, 4.69) is 20.9 Å². The Hall–Kier alpha value is -4.74. The van der Waals surface area contributed by atoms with E-state index in [0.717, 1.165) is 16.5 Å². The Morgan fingerprint density at radius 3 is 1.65 bits per heavy atom. The molecule has 0 aliphatic rings. The molecule has 0 bridgehead atoms. The quantitative estimate of drug-likeness (QED) is 0.0289. The maximum absolute atomic E-state index is 12.3. The highest BCUT2D eigenvalue weighted by atomic mass is 16.5. The Kier molecular flexibility index (Phi) is 20.3. The van der Waals surface area contributed by atoms with Gasteiger partial charge in [0.1, 0.15) is 5.75 Å². The van der Waals surface area contributed by atoms with Crippen LogP contribution in [0.15, 0.2) is 24.4 Å². The molecule has 17 heteroatoms. The number of aromatic nitrogens is 1. The average molecular weight is 720 g/mol. The molecule has 0 atom stereocenters. The van der Waals surface area contributed by atoms with Gasteiger partial charge < -0.3 is 26.0 Å². The number of carbonyl (C=O) groups excluding carboxylic acids is 6. The smallest absolute Gasteiger partial charge is 0.246 e. The third kappa shape index (κ3) is 18.2. The fraction of sp³-hybridized carbons (Fsp3) is 0.588. The second kappa shape index (κ2) is 24.4. The van der Waals surface area contributed by atoms with E-state index in [4.69, 9.17) is 5.21 Å². The van der Waals surface area contributed by atoms with Crippen molar-refractivity contribution in [1.82, 2.24) is 36.1 Å². The van der Waals surface area contributed by atoms with E-state index in [0.29, 0.717) is 99.0 Å². The van der Waals surface area contributed by atoms with Gasteiger partial charge in [-0.15, -0.1) is 0 Å². The normalized spacial score (nSPS) is 10.8. The number of H-pyrrole nitrogens is 1. The fourth-order valence-corrected chi connectivity index (χ4v) is 5.11. The van der Waals surface area contributed by atoms with Gasteiger partial charge in [-0.05, 0) is 81.5 Å². The summed E-state index contributed by atoms with van der Waals surface area (Å²) in [6.45, 7) is 1.63. The number of carbonyl (C=O) groups is 6. The van der Waals surface area contributed by atoms with E-state index in [1.807, 2.05) is 0 Å². The number of benzene rings is 1. The first-order chi connectivity index (χ1) is 24.5. The number of rotatable bonds is 27. The van der Waals surface area contributed by atoms with Crippen LogP contribution in [0.4, 0.5) is 0 Å². The zero-order valence-corrected chi connectivity index (χ0v) is 29.1. The average Bonchev–Trinajstić information content (AvgIpc) is 3.50. The van der Waals surface area contributed by atoms with Crippen molar-refractivity contribution in [1.29, 1.82) is 0 Å². The summed E-state index contributed by atoms with van der Waals surface area (Å²) in [7, 11) is 0. The van der Waals surface area contributed by atoms with Gasteiger partial charge in [0.2, 0.25) is 35.9 Å². The van der Waals surface area contributed by atoms with E-state index in [-0.39, 0.29) is 75.2 Å². The highest BCUT2D eigenvalue weighted by Gasteiger charge is 2.15.